The van der Waals surface area contributed by atoms with Crippen molar-refractivity contribution in [2.75, 3.05) is 6.61 Å². The minimum Gasteiger partial charge on any atom is -0.394 e. The first kappa shape index (κ1) is 11.5. The van der Waals surface area contributed by atoms with E-state index in [1.165, 1.54) is 22.3 Å². The Balaban J connectivity index is 2.20. The van der Waals surface area contributed by atoms with Crippen molar-refractivity contribution < 1.29 is 5.11 Å². The molecule has 1 aliphatic carbocycles. The van der Waals surface area contributed by atoms with E-state index in [4.69, 9.17) is 5.73 Å². The molecule has 3 N–H and O–H groups in total. The quantitative estimate of drug-likeness (QED) is 0.721. The summed E-state index contributed by atoms with van der Waals surface area (Å²) < 4.78 is 0. The van der Waals surface area contributed by atoms with E-state index in [2.05, 4.69) is 30.3 Å². The third kappa shape index (κ3) is 1.57. The fourth-order valence-electron chi connectivity index (χ4n) is 2.78. The zero-order chi connectivity index (χ0) is 12.8. The summed E-state index contributed by atoms with van der Waals surface area (Å²) in [5, 5.41) is 9.47. The van der Waals surface area contributed by atoms with Crippen LogP contribution in [0.3, 0.4) is 0 Å². The van der Waals surface area contributed by atoms with Crippen molar-refractivity contribution in [3.05, 3.63) is 59.2 Å². The first-order valence-corrected chi connectivity index (χ1v) is 6.24. The maximum absolute atomic E-state index is 9.47. The fourth-order valence-corrected chi connectivity index (χ4v) is 2.78. The molecule has 2 aromatic carbocycles. The lowest BCUT2D eigenvalue weighted by Gasteiger charge is -2.25. The van der Waals surface area contributed by atoms with Gasteiger partial charge in [0.2, 0.25) is 0 Å². The number of fused-ring (bicyclic) bond motifs is 3. The van der Waals surface area contributed by atoms with Gasteiger partial charge in [-0.3, -0.25) is 0 Å². The molecular formula is C16H17NO. The van der Waals surface area contributed by atoms with Crippen LogP contribution in [0, 0.1) is 0 Å². The highest BCUT2D eigenvalue weighted by atomic mass is 16.3. The molecule has 0 heterocycles. The Morgan fingerprint density at radius 3 is 2.61 bits per heavy atom. The second kappa shape index (κ2) is 3.94. The number of aliphatic hydroxyl groups excluding tert-OH is 1. The lowest BCUT2D eigenvalue weighted by atomic mass is 9.87. The van der Waals surface area contributed by atoms with Gasteiger partial charge in [0, 0.05) is 0 Å². The zero-order valence-corrected chi connectivity index (χ0v) is 10.5. The smallest absolute Gasteiger partial charge is 0.0650 e. The maximum Gasteiger partial charge on any atom is 0.0650 e. The van der Waals surface area contributed by atoms with Crippen LogP contribution in [0.4, 0.5) is 0 Å². The van der Waals surface area contributed by atoms with E-state index in [1.807, 2.05) is 19.1 Å². The summed E-state index contributed by atoms with van der Waals surface area (Å²) in [6.07, 6.45) is 0.911. The summed E-state index contributed by atoms with van der Waals surface area (Å²) in [4.78, 5) is 0. The third-order valence-corrected chi connectivity index (χ3v) is 3.79. The van der Waals surface area contributed by atoms with Gasteiger partial charge >= 0.3 is 0 Å². The van der Waals surface area contributed by atoms with Gasteiger partial charge in [-0.1, -0.05) is 42.5 Å². The molecule has 2 heteroatoms. The van der Waals surface area contributed by atoms with Gasteiger partial charge in [-0.15, -0.1) is 0 Å². The zero-order valence-electron chi connectivity index (χ0n) is 10.5. The minimum absolute atomic E-state index is 0.0419. The number of nitrogens with two attached hydrogens (primary N) is 1. The molecule has 0 bridgehead atoms. The fraction of sp³-hybridized carbons (Fsp3) is 0.250. The molecule has 3 rings (SSSR count). The van der Waals surface area contributed by atoms with Gasteiger partial charge in [0.05, 0.1) is 12.1 Å². The van der Waals surface area contributed by atoms with Crippen LogP contribution < -0.4 is 5.73 Å². The molecule has 92 valence electrons. The number of benzene rings is 2. The third-order valence-electron chi connectivity index (χ3n) is 3.79. The van der Waals surface area contributed by atoms with Gasteiger partial charge in [0.15, 0.2) is 0 Å². The molecule has 0 amide bonds. The Bertz CT molecular complexity index is 602. The molecule has 2 aromatic rings. The minimum atomic E-state index is -0.673. The highest BCUT2D eigenvalue weighted by Crippen LogP contribution is 2.40. The van der Waals surface area contributed by atoms with Crippen LogP contribution in [-0.2, 0) is 12.0 Å². The van der Waals surface area contributed by atoms with Crippen LogP contribution in [-0.4, -0.2) is 11.7 Å². The van der Waals surface area contributed by atoms with Crippen LogP contribution >= 0.6 is 0 Å². The Kier molecular flexibility index (Phi) is 2.51. The van der Waals surface area contributed by atoms with Crippen molar-refractivity contribution in [2.24, 2.45) is 5.73 Å². The summed E-state index contributed by atoms with van der Waals surface area (Å²) in [5.41, 5.74) is 11.7. The van der Waals surface area contributed by atoms with Crippen LogP contribution in [0.25, 0.3) is 11.1 Å². The normalized spacial score (nSPS) is 15.9. The van der Waals surface area contributed by atoms with Crippen molar-refractivity contribution >= 4 is 0 Å². The summed E-state index contributed by atoms with van der Waals surface area (Å²) in [6.45, 7) is 1.84. The van der Waals surface area contributed by atoms with Crippen molar-refractivity contribution in [3.63, 3.8) is 0 Å². The predicted octanol–water partition coefficient (Wildman–Crippen LogP) is 2.42. The van der Waals surface area contributed by atoms with Crippen LogP contribution in [0.15, 0.2) is 42.5 Å². The molecule has 0 spiro atoms. The Hall–Kier alpha value is -1.64. The largest absolute Gasteiger partial charge is 0.394 e. The van der Waals surface area contributed by atoms with Gasteiger partial charge in [-0.05, 0) is 41.2 Å². The highest BCUT2D eigenvalue weighted by Gasteiger charge is 2.28. The summed E-state index contributed by atoms with van der Waals surface area (Å²) in [6, 6.07) is 14.6. The molecule has 1 unspecified atom stereocenters. The first-order chi connectivity index (χ1) is 8.63. The first-order valence-electron chi connectivity index (χ1n) is 6.24. The summed E-state index contributed by atoms with van der Waals surface area (Å²) >= 11 is 0. The standard InChI is InChI=1S/C16H17NO/c1-16(17,10-18)15-8-4-7-13-12-6-3-2-5-11(12)9-14(13)15/h2-8,18H,9-10,17H2,1H3. The topological polar surface area (TPSA) is 46.2 Å². The van der Waals surface area contributed by atoms with Crippen LogP contribution in [0.5, 0.6) is 0 Å². The van der Waals surface area contributed by atoms with E-state index in [0.29, 0.717) is 0 Å². The monoisotopic (exact) mass is 239 g/mol. The van der Waals surface area contributed by atoms with E-state index in [0.717, 1.165) is 12.0 Å². The Morgan fingerprint density at radius 1 is 1.11 bits per heavy atom. The van der Waals surface area contributed by atoms with Crippen molar-refractivity contribution in [3.8, 4) is 11.1 Å². The van der Waals surface area contributed by atoms with Gasteiger partial charge in [-0.25, -0.2) is 0 Å². The number of hydrogen-bond acceptors (Lipinski definition) is 2. The second-order valence-electron chi connectivity index (χ2n) is 5.24. The van der Waals surface area contributed by atoms with Crippen LogP contribution in [0.1, 0.15) is 23.6 Å². The molecule has 0 saturated carbocycles. The SMILES string of the molecule is CC(N)(CO)c1cccc2c1Cc1ccccc1-2. The van der Waals surface area contributed by atoms with Gasteiger partial charge in [-0.2, -0.15) is 0 Å². The molecule has 1 atom stereocenters. The summed E-state index contributed by atoms with van der Waals surface area (Å²) in [7, 11) is 0. The van der Waals surface area contributed by atoms with Crippen molar-refractivity contribution in [1.82, 2.24) is 0 Å². The molecule has 0 saturated heterocycles. The van der Waals surface area contributed by atoms with Gasteiger partial charge < -0.3 is 10.8 Å². The van der Waals surface area contributed by atoms with Gasteiger partial charge in [0.1, 0.15) is 0 Å². The molecule has 2 nitrogen and oxygen atoms in total. The number of aliphatic hydroxyl groups is 1. The van der Waals surface area contributed by atoms with E-state index >= 15 is 0 Å². The molecule has 0 radical (unpaired) electrons. The van der Waals surface area contributed by atoms with E-state index < -0.39 is 5.54 Å². The molecule has 1 aliphatic rings. The average molecular weight is 239 g/mol. The predicted molar refractivity (Wildman–Crippen MR) is 73.3 cm³/mol. The lowest BCUT2D eigenvalue weighted by Crippen LogP contribution is -2.37. The van der Waals surface area contributed by atoms with E-state index in [-0.39, 0.29) is 6.61 Å². The second-order valence-corrected chi connectivity index (χ2v) is 5.24. The molecule has 0 fully saturated rings. The lowest BCUT2D eigenvalue weighted by molar-refractivity contribution is 0.209. The Morgan fingerprint density at radius 2 is 1.83 bits per heavy atom. The van der Waals surface area contributed by atoms with E-state index in [1.54, 1.807) is 0 Å². The molecule has 18 heavy (non-hydrogen) atoms. The average Bonchev–Trinajstić information content (AvgIpc) is 2.77. The van der Waals surface area contributed by atoms with Crippen molar-refractivity contribution in [1.29, 1.82) is 0 Å². The van der Waals surface area contributed by atoms with Crippen LogP contribution in [0.2, 0.25) is 0 Å². The maximum atomic E-state index is 9.47. The van der Waals surface area contributed by atoms with Gasteiger partial charge in [0.25, 0.3) is 0 Å². The molecular weight excluding hydrogens is 222 g/mol. The molecule has 0 aliphatic heterocycles. The number of hydrogen-bond donors (Lipinski definition) is 2. The Labute approximate surface area is 107 Å². The highest BCUT2D eigenvalue weighted by molar-refractivity contribution is 5.78. The molecule has 0 aromatic heterocycles. The number of rotatable bonds is 2. The van der Waals surface area contributed by atoms with Crippen molar-refractivity contribution in [2.45, 2.75) is 18.9 Å². The summed E-state index contributed by atoms with van der Waals surface area (Å²) in [5.74, 6) is 0. The van der Waals surface area contributed by atoms with E-state index in [9.17, 15) is 5.11 Å².